The van der Waals surface area contributed by atoms with Crippen molar-refractivity contribution in [3.8, 4) is 0 Å². The van der Waals surface area contributed by atoms with Crippen molar-refractivity contribution >= 4 is 31.8 Å². The first-order valence-corrected chi connectivity index (χ1v) is 6.95. The van der Waals surface area contributed by atoms with Gasteiger partial charge in [0, 0.05) is 17.7 Å². The zero-order valence-corrected chi connectivity index (χ0v) is 11.0. The third kappa shape index (κ3) is 3.17. The quantitative estimate of drug-likeness (QED) is 0.853. The first-order chi connectivity index (χ1) is 6.97. The van der Waals surface area contributed by atoms with Crippen LogP contribution in [0.1, 0.15) is 13.3 Å². The number of aromatic nitrogens is 1. The van der Waals surface area contributed by atoms with Crippen molar-refractivity contribution in [1.82, 2.24) is 4.98 Å². The topological polar surface area (TPSA) is 50.3 Å². The van der Waals surface area contributed by atoms with Gasteiger partial charge in [0.1, 0.15) is 5.82 Å². The highest BCUT2D eigenvalue weighted by atomic mass is 79.9. The monoisotopic (exact) mass is 292 g/mol. The van der Waals surface area contributed by atoms with Crippen LogP contribution in [0, 0.1) is 0 Å². The molecule has 0 aliphatic heterocycles. The molecular formula is C9H13BrN2O2S. The van der Waals surface area contributed by atoms with Crippen LogP contribution in [0.5, 0.6) is 0 Å². The standard InChI is InChI=1S/C9H13BrN2O2S/c1-3-6-15(13,14)12(2)9-5-4-8(10)7-11-9/h4-5,7H,3,6H2,1-2H3. The molecule has 0 N–H and O–H groups in total. The molecule has 1 heterocycles. The Morgan fingerprint density at radius 1 is 1.47 bits per heavy atom. The molecule has 1 aromatic heterocycles. The van der Waals surface area contributed by atoms with Gasteiger partial charge in [-0.25, -0.2) is 13.4 Å². The average molecular weight is 293 g/mol. The molecule has 0 saturated heterocycles. The average Bonchev–Trinajstić information content (AvgIpc) is 2.18. The Bertz CT molecular complexity index is 416. The minimum Gasteiger partial charge on any atom is -0.257 e. The normalized spacial score (nSPS) is 11.4. The van der Waals surface area contributed by atoms with E-state index in [2.05, 4.69) is 20.9 Å². The van der Waals surface area contributed by atoms with Gasteiger partial charge in [-0.05, 0) is 34.5 Å². The van der Waals surface area contributed by atoms with Crippen LogP contribution in [0.15, 0.2) is 22.8 Å². The molecular weight excluding hydrogens is 280 g/mol. The van der Waals surface area contributed by atoms with Gasteiger partial charge in [0.25, 0.3) is 0 Å². The second kappa shape index (κ2) is 4.94. The molecule has 4 nitrogen and oxygen atoms in total. The second-order valence-corrected chi connectivity index (χ2v) is 6.15. The Hall–Kier alpha value is -0.620. The molecule has 0 unspecified atom stereocenters. The predicted molar refractivity (Wildman–Crippen MR) is 64.4 cm³/mol. The molecule has 0 fully saturated rings. The van der Waals surface area contributed by atoms with Crippen molar-refractivity contribution in [3.05, 3.63) is 22.8 Å². The van der Waals surface area contributed by atoms with Gasteiger partial charge in [-0.1, -0.05) is 6.92 Å². The van der Waals surface area contributed by atoms with Crippen molar-refractivity contribution in [3.63, 3.8) is 0 Å². The molecule has 0 spiro atoms. The molecule has 0 atom stereocenters. The lowest BCUT2D eigenvalue weighted by Gasteiger charge is -2.17. The second-order valence-electron chi connectivity index (χ2n) is 3.12. The Balaban J connectivity index is 2.94. The van der Waals surface area contributed by atoms with Gasteiger partial charge >= 0.3 is 0 Å². The molecule has 0 aliphatic rings. The lowest BCUT2D eigenvalue weighted by molar-refractivity contribution is 0.592. The Kier molecular flexibility index (Phi) is 4.10. The first kappa shape index (κ1) is 12.4. The number of anilines is 1. The van der Waals surface area contributed by atoms with Crippen LogP contribution in [0.25, 0.3) is 0 Å². The van der Waals surface area contributed by atoms with E-state index >= 15 is 0 Å². The van der Waals surface area contributed by atoms with Crippen molar-refractivity contribution < 1.29 is 8.42 Å². The molecule has 0 radical (unpaired) electrons. The smallest absolute Gasteiger partial charge is 0.236 e. The lowest BCUT2D eigenvalue weighted by atomic mass is 10.5. The fraction of sp³-hybridized carbons (Fsp3) is 0.444. The molecule has 1 aromatic rings. The summed E-state index contributed by atoms with van der Waals surface area (Å²) in [4.78, 5) is 4.03. The maximum absolute atomic E-state index is 11.7. The van der Waals surface area contributed by atoms with E-state index in [9.17, 15) is 8.42 Å². The van der Waals surface area contributed by atoms with Gasteiger partial charge in [0.05, 0.1) is 5.75 Å². The summed E-state index contributed by atoms with van der Waals surface area (Å²) in [7, 11) is -1.71. The van der Waals surface area contributed by atoms with Crippen LogP contribution in [0.4, 0.5) is 5.82 Å². The van der Waals surface area contributed by atoms with E-state index in [1.54, 1.807) is 18.3 Å². The summed E-state index contributed by atoms with van der Waals surface area (Å²) in [5.74, 6) is 0.577. The highest BCUT2D eigenvalue weighted by Gasteiger charge is 2.17. The van der Waals surface area contributed by atoms with Gasteiger partial charge in [-0.15, -0.1) is 0 Å². The zero-order valence-electron chi connectivity index (χ0n) is 8.64. The van der Waals surface area contributed by atoms with Crippen LogP contribution in [0.3, 0.4) is 0 Å². The maximum Gasteiger partial charge on any atom is 0.236 e. The van der Waals surface area contributed by atoms with E-state index in [-0.39, 0.29) is 5.75 Å². The molecule has 0 saturated carbocycles. The molecule has 0 aromatic carbocycles. The molecule has 0 aliphatic carbocycles. The molecule has 0 amide bonds. The Morgan fingerprint density at radius 2 is 2.13 bits per heavy atom. The SMILES string of the molecule is CCCS(=O)(=O)N(C)c1ccc(Br)cn1. The molecule has 84 valence electrons. The minimum absolute atomic E-state index is 0.140. The minimum atomic E-state index is -3.22. The van der Waals surface area contributed by atoms with E-state index in [1.165, 1.54) is 11.4 Å². The van der Waals surface area contributed by atoms with E-state index < -0.39 is 10.0 Å². The van der Waals surface area contributed by atoms with Crippen LogP contribution < -0.4 is 4.31 Å². The third-order valence-electron chi connectivity index (χ3n) is 1.91. The summed E-state index contributed by atoms with van der Waals surface area (Å²) in [6.07, 6.45) is 2.18. The van der Waals surface area contributed by atoms with Gasteiger partial charge < -0.3 is 0 Å². The van der Waals surface area contributed by atoms with E-state index in [1.807, 2.05) is 6.92 Å². The van der Waals surface area contributed by atoms with Crippen LogP contribution in [-0.4, -0.2) is 26.2 Å². The summed E-state index contributed by atoms with van der Waals surface area (Å²) in [6, 6.07) is 3.43. The van der Waals surface area contributed by atoms with Crippen molar-refractivity contribution in [1.29, 1.82) is 0 Å². The number of nitrogens with zero attached hydrogens (tertiary/aromatic N) is 2. The van der Waals surface area contributed by atoms with Crippen LogP contribution in [0.2, 0.25) is 0 Å². The van der Waals surface area contributed by atoms with Gasteiger partial charge in [0.15, 0.2) is 0 Å². The first-order valence-electron chi connectivity index (χ1n) is 4.55. The van der Waals surface area contributed by atoms with Crippen molar-refractivity contribution in [2.45, 2.75) is 13.3 Å². The fourth-order valence-corrected chi connectivity index (χ4v) is 2.51. The number of pyridine rings is 1. The zero-order chi connectivity index (χ0) is 11.5. The number of halogens is 1. The maximum atomic E-state index is 11.7. The van der Waals surface area contributed by atoms with Crippen molar-refractivity contribution in [2.75, 3.05) is 17.1 Å². The lowest BCUT2D eigenvalue weighted by Crippen LogP contribution is -2.29. The Morgan fingerprint density at radius 3 is 2.60 bits per heavy atom. The molecule has 6 heteroatoms. The van der Waals surface area contributed by atoms with Gasteiger partial charge in [-0.2, -0.15) is 0 Å². The Labute approximate surface area is 98.5 Å². The molecule has 0 bridgehead atoms. The summed E-state index contributed by atoms with van der Waals surface area (Å²) < 4.78 is 25.4. The van der Waals surface area contributed by atoms with Crippen molar-refractivity contribution in [2.24, 2.45) is 0 Å². The summed E-state index contributed by atoms with van der Waals surface area (Å²) in [5, 5.41) is 0. The summed E-state index contributed by atoms with van der Waals surface area (Å²) in [6.45, 7) is 1.83. The molecule has 15 heavy (non-hydrogen) atoms. The summed E-state index contributed by atoms with van der Waals surface area (Å²) >= 11 is 3.25. The predicted octanol–water partition coefficient (Wildman–Crippen LogP) is 2.02. The van der Waals surface area contributed by atoms with Crippen LogP contribution >= 0.6 is 15.9 Å². The van der Waals surface area contributed by atoms with E-state index in [0.29, 0.717) is 12.2 Å². The van der Waals surface area contributed by atoms with Gasteiger partial charge in [0.2, 0.25) is 10.0 Å². The number of hydrogen-bond acceptors (Lipinski definition) is 3. The highest BCUT2D eigenvalue weighted by molar-refractivity contribution is 9.10. The number of sulfonamides is 1. The fourth-order valence-electron chi connectivity index (χ4n) is 1.09. The molecule has 1 rings (SSSR count). The third-order valence-corrected chi connectivity index (χ3v) is 4.33. The highest BCUT2D eigenvalue weighted by Crippen LogP contribution is 2.16. The summed E-state index contributed by atoms with van der Waals surface area (Å²) in [5.41, 5.74) is 0. The van der Waals surface area contributed by atoms with E-state index in [0.717, 1.165) is 4.47 Å². The van der Waals surface area contributed by atoms with Gasteiger partial charge in [-0.3, -0.25) is 4.31 Å². The largest absolute Gasteiger partial charge is 0.257 e. The van der Waals surface area contributed by atoms with Crippen LogP contribution in [-0.2, 0) is 10.0 Å². The van der Waals surface area contributed by atoms with E-state index in [4.69, 9.17) is 0 Å². The number of rotatable bonds is 4. The number of hydrogen-bond donors (Lipinski definition) is 0.